The molecule has 4 rings (SSSR count). The van der Waals surface area contributed by atoms with E-state index in [2.05, 4.69) is 0 Å². The third-order valence-corrected chi connectivity index (χ3v) is 7.85. The number of carbonyl (C=O) groups excluding carboxylic acids is 1. The SMILES string of the molecule is Cc1cccc(COC(=O)C2CCN(S(=O)(=O)c3ccc4c(c3)CCC4)CC2)c1. The van der Waals surface area contributed by atoms with E-state index in [9.17, 15) is 13.2 Å². The van der Waals surface area contributed by atoms with E-state index < -0.39 is 10.0 Å². The molecule has 1 aliphatic carbocycles. The maximum absolute atomic E-state index is 13.0. The molecule has 2 aromatic carbocycles. The summed E-state index contributed by atoms with van der Waals surface area (Å²) in [5, 5.41) is 0. The summed E-state index contributed by atoms with van der Waals surface area (Å²) in [5.41, 5.74) is 4.51. The Morgan fingerprint density at radius 3 is 2.59 bits per heavy atom. The fraction of sp³-hybridized carbons (Fsp3) is 0.435. The van der Waals surface area contributed by atoms with Crippen LogP contribution in [-0.2, 0) is 39.0 Å². The van der Waals surface area contributed by atoms with Gasteiger partial charge in [-0.2, -0.15) is 4.31 Å². The minimum Gasteiger partial charge on any atom is -0.461 e. The van der Waals surface area contributed by atoms with Crippen molar-refractivity contribution in [3.63, 3.8) is 0 Å². The Hall–Kier alpha value is -2.18. The number of sulfonamides is 1. The van der Waals surface area contributed by atoms with E-state index in [0.717, 1.165) is 36.0 Å². The van der Waals surface area contributed by atoms with Gasteiger partial charge >= 0.3 is 5.97 Å². The average molecular weight is 414 g/mol. The van der Waals surface area contributed by atoms with Crippen molar-refractivity contribution in [3.8, 4) is 0 Å². The summed E-state index contributed by atoms with van der Waals surface area (Å²) in [4.78, 5) is 12.8. The first kappa shape index (κ1) is 20.1. The van der Waals surface area contributed by atoms with E-state index in [1.165, 1.54) is 9.87 Å². The van der Waals surface area contributed by atoms with Gasteiger partial charge in [-0.1, -0.05) is 35.9 Å². The zero-order chi connectivity index (χ0) is 20.4. The first-order chi connectivity index (χ1) is 13.9. The highest BCUT2D eigenvalue weighted by Crippen LogP contribution is 2.29. The van der Waals surface area contributed by atoms with Crippen LogP contribution in [0.2, 0.25) is 0 Å². The highest BCUT2D eigenvalue weighted by atomic mass is 32.2. The number of hydrogen-bond donors (Lipinski definition) is 0. The molecule has 5 nitrogen and oxygen atoms in total. The van der Waals surface area contributed by atoms with Crippen molar-refractivity contribution < 1.29 is 17.9 Å². The smallest absolute Gasteiger partial charge is 0.309 e. The van der Waals surface area contributed by atoms with Gasteiger partial charge in [-0.25, -0.2) is 8.42 Å². The first-order valence-electron chi connectivity index (χ1n) is 10.3. The van der Waals surface area contributed by atoms with Gasteiger partial charge in [-0.15, -0.1) is 0 Å². The van der Waals surface area contributed by atoms with Crippen LogP contribution in [0.4, 0.5) is 0 Å². The number of esters is 1. The van der Waals surface area contributed by atoms with Gasteiger partial charge < -0.3 is 4.74 Å². The molecule has 29 heavy (non-hydrogen) atoms. The lowest BCUT2D eigenvalue weighted by Crippen LogP contribution is -2.40. The quantitative estimate of drug-likeness (QED) is 0.702. The molecule has 1 fully saturated rings. The molecule has 0 radical (unpaired) electrons. The van der Waals surface area contributed by atoms with Crippen LogP contribution in [0, 0.1) is 12.8 Å². The molecular weight excluding hydrogens is 386 g/mol. The lowest BCUT2D eigenvalue weighted by molar-refractivity contribution is -0.151. The molecule has 154 valence electrons. The largest absolute Gasteiger partial charge is 0.461 e. The van der Waals surface area contributed by atoms with Crippen molar-refractivity contribution in [2.24, 2.45) is 5.92 Å². The Balaban J connectivity index is 1.34. The number of hydrogen-bond acceptors (Lipinski definition) is 4. The monoisotopic (exact) mass is 413 g/mol. The molecule has 0 spiro atoms. The average Bonchev–Trinajstić information content (AvgIpc) is 3.20. The maximum Gasteiger partial charge on any atom is 0.309 e. The summed E-state index contributed by atoms with van der Waals surface area (Å²) in [6.45, 7) is 2.96. The van der Waals surface area contributed by atoms with Crippen molar-refractivity contribution in [1.29, 1.82) is 0 Å². The minimum absolute atomic E-state index is 0.235. The Morgan fingerprint density at radius 2 is 1.83 bits per heavy atom. The second kappa shape index (κ2) is 8.28. The van der Waals surface area contributed by atoms with E-state index in [1.807, 2.05) is 43.3 Å². The van der Waals surface area contributed by atoms with E-state index >= 15 is 0 Å². The Morgan fingerprint density at radius 1 is 1.07 bits per heavy atom. The number of nitrogens with zero attached hydrogens (tertiary/aromatic N) is 1. The molecular formula is C23H27NO4S. The van der Waals surface area contributed by atoms with Crippen LogP contribution >= 0.6 is 0 Å². The van der Waals surface area contributed by atoms with Crippen LogP contribution in [-0.4, -0.2) is 31.8 Å². The Bertz CT molecular complexity index is 1010. The van der Waals surface area contributed by atoms with E-state index in [0.29, 0.717) is 30.8 Å². The molecule has 0 saturated carbocycles. The summed E-state index contributed by atoms with van der Waals surface area (Å²) in [7, 11) is -3.51. The van der Waals surface area contributed by atoms with Gasteiger partial charge in [-0.3, -0.25) is 4.79 Å². The van der Waals surface area contributed by atoms with Crippen LogP contribution < -0.4 is 0 Å². The van der Waals surface area contributed by atoms with Crippen molar-refractivity contribution >= 4 is 16.0 Å². The van der Waals surface area contributed by atoms with Crippen molar-refractivity contribution in [2.45, 2.75) is 50.5 Å². The van der Waals surface area contributed by atoms with Gasteiger partial charge in [-0.05, 0) is 67.9 Å². The predicted octanol–water partition coefficient (Wildman–Crippen LogP) is 3.63. The van der Waals surface area contributed by atoms with Crippen LogP contribution in [0.15, 0.2) is 47.4 Å². The molecule has 0 amide bonds. The number of aryl methyl sites for hydroxylation is 3. The highest BCUT2D eigenvalue weighted by molar-refractivity contribution is 7.89. The van der Waals surface area contributed by atoms with Crippen LogP contribution in [0.25, 0.3) is 0 Å². The fourth-order valence-corrected chi connectivity index (χ4v) is 5.78. The zero-order valence-electron chi connectivity index (χ0n) is 16.8. The molecule has 2 aromatic rings. The standard InChI is InChI=1S/C23H27NO4S/c1-17-4-2-5-18(14-17)16-28-23(25)20-10-12-24(13-11-20)29(26,27)22-9-8-19-6-3-7-21(19)15-22/h2,4-5,8-9,14-15,20H,3,6-7,10-13,16H2,1H3. The fourth-order valence-electron chi connectivity index (χ4n) is 4.26. The highest BCUT2D eigenvalue weighted by Gasteiger charge is 2.33. The summed E-state index contributed by atoms with van der Waals surface area (Å²) in [6.07, 6.45) is 4.07. The van der Waals surface area contributed by atoms with E-state index in [1.54, 1.807) is 6.07 Å². The minimum atomic E-state index is -3.51. The third-order valence-electron chi connectivity index (χ3n) is 5.96. The molecule has 1 saturated heterocycles. The molecule has 1 heterocycles. The first-order valence-corrected chi connectivity index (χ1v) is 11.7. The number of piperidine rings is 1. The van der Waals surface area contributed by atoms with Gasteiger partial charge in [0.2, 0.25) is 10.0 Å². The Labute approximate surface area is 172 Å². The van der Waals surface area contributed by atoms with Crippen molar-refractivity contribution in [3.05, 3.63) is 64.7 Å². The summed E-state index contributed by atoms with van der Waals surface area (Å²) < 4.78 is 33.0. The van der Waals surface area contributed by atoms with E-state index in [-0.39, 0.29) is 18.5 Å². The molecule has 0 unspecified atom stereocenters. The van der Waals surface area contributed by atoms with Crippen LogP contribution in [0.1, 0.15) is 41.5 Å². The zero-order valence-corrected chi connectivity index (χ0v) is 17.6. The van der Waals surface area contributed by atoms with Crippen molar-refractivity contribution in [2.75, 3.05) is 13.1 Å². The molecule has 2 aliphatic rings. The van der Waals surface area contributed by atoms with Crippen LogP contribution in [0.3, 0.4) is 0 Å². The maximum atomic E-state index is 13.0. The number of rotatable bonds is 5. The number of benzene rings is 2. The lowest BCUT2D eigenvalue weighted by Gasteiger charge is -2.30. The Kier molecular flexibility index (Phi) is 5.74. The topological polar surface area (TPSA) is 63.7 Å². The molecule has 1 aliphatic heterocycles. The van der Waals surface area contributed by atoms with Crippen molar-refractivity contribution in [1.82, 2.24) is 4.31 Å². The van der Waals surface area contributed by atoms with Crippen LogP contribution in [0.5, 0.6) is 0 Å². The van der Waals surface area contributed by atoms with Gasteiger partial charge in [0.25, 0.3) is 0 Å². The summed E-state index contributed by atoms with van der Waals surface area (Å²) >= 11 is 0. The van der Waals surface area contributed by atoms with Gasteiger partial charge in [0.05, 0.1) is 10.8 Å². The molecule has 0 bridgehead atoms. The normalized spacial score (nSPS) is 17.8. The summed E-state index contributed by atoms with van der Waals surface area (Å²) in [6, 6.07) is 13.4. The molecule has 0 aromatic heterocycles. The number of carbonyl (C=O) groups is 1. The van der Waals surface area contributed by atoms with Gasteiger partial charge in [0.15, 0.2) is 0 Å². The van der Waals surface area contributed by atoms with Gasteiger partial charge in [0, 0.05) is 13.1 Å². The number of fused-ring (bicyclic) bond motifs is 1. The molecule has 0 atom stereocenters. The van der Waals surface area contributed by atoms with E-state index in [4.69, 9.17) is 4.74 Å². The lowest BCUT2D eigenvalue weighted by atomic mass is 9.98. The summed E-state index contributed by atoms with van der Waals surface area (Å²) in [5.74, 6) is -0.479. The number of ether oxygens (including phenoxy) is 1. The molecule has 0 N–H and O–H groups in total. The third kappa shape index (κ3) is 4.38. The second-order valence-electron chi connectivity index (χ2n) is 8.06. The van der Waals surface area contributed by atoms with Gasteiger partial charge in [0.1, 0.15) is 6.61 Å². The predicted molar refractivity (Wildman–Crippen MR) is 111 cm³/mol. The molecule has 6 heteroatoms. The second-order valence-corrected chi connectivity index (χ2v) is 10.00.